The average molecular weight is 196 g/mol. The topological polar surface area (TPSA) is 35.8 Å². The van der Waals surface area contributed by atoms with E-state index in [-0.39, 0.29) is 0 Å². The van der Waals surface area contributed by atoms with E-state index in [1.165, 1.54) is 0 Å². The second-order valence-corrected chi connectivity index (χ2v) is 4.82. The summed E-state index contributed by atoms with van der Waals surface area (Å²) in [6.45, 7) is 12.2. The Morgan fingerprint density at radius 1 is 1.07 bits per heavy atom. The van der Waals surface area contributed by atoms with Crippen molar-refractivity contribution in [3.8, 4) is 6.07 Å². The first-order valence-corrected chi connectivity index (χ1v) is 5.59. The van der Waals surface area contributed by atoms with Crippen molar-refractivity contribution >= 4 is 0 Å². The molecule has 0 spiro atoms. The van der Waals surface area contributed by atoms with Crippen LogP contribution in [0.15, 0.2) is 0 Å². The normalized spacial score (nSPS) is 13.6. The molecular weight excluding hydrogens is 172 g/mol. The molecule has 1 unspecified atom stereocenters. The van der Waals surface area contributed by atoms with Gasteiger partial charge in [0.1, 0.15) is 0 Å². The Kier molecular flexibility index (Phi) is 6.57. The van der Waals surface area contributed by atoms with Crippen LogP contribution in [0.25, 0.3) is 0 Å². The highest BCUT2D eigenvalue weighted by Crippen LogP contribution is 2.19. The van der Waals surface area contributed by atoms with Crippen molar-refractivity contribution in [1.29, 1.82) is 5.26 Å². The maximum absolute atomic E-state index is 8.53. The minimum Gasteiger partial charge on any atom is -0.313 e. The molecule has 0 fully saturated rings. The first kappa shape index (κ1) is 13.4. The van der Waals surface area contributed by atoms with E-state index in [1.807, 2.05) is 0 Å². The van der Waals surface area contributed by atoms with Gasteiger partial charge in [0.05, 0.1) is 12.5 Å². The first-order chi connectivity index (χ1) is 6.49. The third-order valence-electron chi connectivity index (χ3n) is 2.81. The van der Waals surface area contributed by atoms with Gasteiger partial charge in [-0.3, -0.25) is 0 Å². The van der Waals surface area contributed by atoms with Crippen molar-refractivity contribution in [2.45, 2.75) is 47.1 Å². The van der Waals surface area contributed by atoms with E-state index in [0.29, 0.717) is 30.2 Å². The fourth-order valence-electron chi connectivity index (χ4n) is 1.79. The third-order valence-corrected chi connectivity index (χ3v) is 2.81. The average Bonchev–Trinajstić information content (AvgIpc) is 2.03. The number of rotatable bonds is 6. The predicted octanol–water partition coefficient (Wildman–Crippen LogP) is 2.81. The molecular formula is C12H24N2. The summed E-state index contributed by atoms with van der Waals surface area (Å²) in [7, 11) is 0. The molecule has 1 N–H and O–H groups in total. The zero-order chi connectivity index (χ0) is 11.1. The molecule has 0 radical (unpaired) electrons. The van der Waals surface area contributed by atoms with Crippen molar-refractivity contribution in [3.63, 3.8) is 0 Å². The van der Waals surface area contributed by atoms with E-state index in [1.54, 1.807) is 0 Å². The second-order valence-electron chi connectivity index (χ2n) is 4.82. The van der Waals surface area contributed by atoms with Crippen molar-refractivity contribution in [1.82, 2.24) is 5.32 Å². The van der Waals surface area contributed by atoms with Gasteiger partial charge in [0.2, 0.25) is 0 Å². The lowest BCUT2D eigenvalue weighted by atomic mass is 9.85. The van der Waals surface area contributed by atoms with Crippen LogP contribution < -0.4 is 5.32 Å². The maximum Gasteiger partial charge on any atom is 0.0638 e. The summed E-state index contributed by atoms with van der Waals surface area (Å²) in [5.74, 6) is 2.12. The smallest absolute Gasteiger partial charge is 0.0638 e. The fraction of sp³-hybridized carbons (Fsp3) is 0.917. The van der Waals surface area contributed by atoms with Crippen LogP contribution in [-0.2, 0) is 0 Å². The number of nitrogens with one attached hydrogen (secondary N) is 1. The van der Waals surface area contributed by atoms with Gasteiger partial charge < -0.3 is 5.32 Å². The lowest BCUT2D eigenvalue weighted by Gasteiger charge is -2.26. The predicted molar refractivity (Wildman–Crippen MR) is 60.9 cm³/mol. The summed E-state index contributed by atoms with van der Waals surface area (Å²) in [5.41, 5.74) is 0. The molecule has 0 aliphatic carbocycles. The summed E-state index contributed by atoms with van der Waals surface area (Å²) in [5, 5.41) is 12.0. The van der Waals surface area contributed by atoms with E-state index in [4.69, 9.17) is 5.26 Å². The van der Waals surface area contributed by atoms with Crippen LogP contribution in [0.4, 0.5) is 0 Å². The van der Waals surface area contributed by atoms with Crippen LogP contribution >= 0.6 is 0 Å². The van der Waals surface area contributed by atoms with Crippen molar-refractivity contribution < 1.29 is 0 Å². The minimum atomic E-state index is 0.319. The Bertz CT molecular complexity index is 171. The number of nitriles is 1. The highest BCUT2D eigenvalue weighted by molar-refractivity contribution is 4.79. The molecule has 14 heavy (non-hydrogen) atoms. The van der Waals surface area contributed by atoms with Crippen molar-refractivity contribution in [2.24, 2.45) is 17.8 Å². The molecule has 2 heteroatoms. The molecule has 1 atom stereocenters. The van der Waals surface area contributed by atoms with Gasteiger partial charge in [-0.25, -0.2) is 0 Å². The van der Waals surface area contributed by atoms with E-state index in [9.17, 15) is 0 Å². The standard InChI is InChI=1S/C12H24N2/c1-9(2)12(10(3)4)8-14-11(5)6-7-13/h9-12,14H,6,8H2,1-5H3. The van der Waals surface area contributed by atoms with E-state index in [2.05, 4.69) is 46.0 Å². The molecule has 0 aromatic carbocycles. The highest BCUT2D eigenvalue weighted by Gasteiger charge is 2.17. The van der Waals surface area contributed by atoms with Gasteiger partial charge in [0.25, 0.3) is 0 Å². The molecule has 0 aliphatic rings. The van der Waals surface area contributed by atoms with Crippen molar-refractivity contribution in [3.05, 3.63) is 0 Å². The van der Waals surface area contributed by atoms with E-state index >= 15 is 0 Å². The second kappa shape index (κ2) is 6.84. The largest absolute Gasteiger partial charge is 0.313 e. The Labute approximate surface area is 88.7 Å². The minimum absolute atomic E-state index is 0.319. The molecule has 0 saturated carbocycles. The third kappa shape index (κ3) is 5.24. The lowest BCUT2D eigenvalue weighted by molar-refractivity contribution is 0.268. The fourth-order valence-corrected chi connectivity index (χ4v) is 1.79. The van der Waals surface area contributed by atoms with Crippen LogP contribution in [0.5, 0.6) is 0 Å². The summed E-state index contributed by atoms with van der Waals surface area (Å²) < 4.78 is 0. The van der Waals surface area contributed by atoms with E-state index in [0.717, 1.165) is 6.54 Å². The molecule has 0 amide bonds. The Morgan fingerprint density at radius 3 is 1.93 bits per heavy atom. The van der Waals surface area contributed by atoms with Gasteiger partial charge in [-0.05, 0) is 31.2 Å². The van der Waals surface area contributed by atoms with Crippen LogP contribution in [0, 0.1) is 29.1 Å². The molecule has 0 saturated heterocycles. The van der Waals surface area contributed by atoms with Crippen LogP contribution in [0.1, 0.15) is 41.0 Å². The zero-order valence-corrected chi connectivity index (χ0v) is 10.2. The molecule has 0 aromatic rings. The maximum atomic E-state index is 8.53. The Morgan fingerprint density at radius 2 is 1.57 bits per heavy atom. The van der Waals surface area contributed by atoms with Gasteiger partial charge in [0.15, 0.2) is 0 Å². The number of nitrogens with zero attached hydrogens (tertiary/aromatic N) is 1. The quantitative estimate of drug-likeness (QED) is 0.709. The van der Waals surface area contributed by atoms with Gasteiger partial charge >= 0.3 is 0 Å². The monoisotopic (exact) mass is 196 g/mol. The molecule has 0 aromatic heterocycles. The molecule has 82 valence electrons. The first-order valence-electron chi connectivity index (χ1n) is 5.59. The lowest BCUT2D eigenvalue weighted by Crippen LogP contribution is -2.35. The highest BCUT2D eigenvalue weighted by atomic mass is 14.9. The SMILES string of the molecule is CC(CC#N)NCC(C(C)C)C(C)C. The van der Waals surface area contributed by atoms with Gasteiger partial charge in [-0.1, -0.05) is 27.7 Å². The van der Waals surface area contributed by atoms with E-state index < -0.39 is 0 Å². The van der Waals surface area contributed by atoms with Gasteiger partial charge in [-0.2, -0.15) is 5.26 Å². The summed E-state index contributed by atoms with van der Waals surface area (Å²) in [4.78, 5) is 0. The van der Waals surface area contributed by atoms with Gasteiger partial charge in [-0.15, -0.1) is 0 Å². The van der Waals surface area contributed by atoms with Crippen LogP contribution in [-0.4, -0.2) is 12.6 Å². The zero-order valence-electron chi connectivity index (χ0n) is 10.2. The van der Waals surface area contributed by atoms with Crippen LogP contribution in [0.2, 0.25) is 0 Å². The van der Waals surface area contributed by atoms with Crippen molar-refractivity contribution in [2.75, 3.05) is 6.54 Å². The van der Waals surface area contributed by atoms with Crippen LogP contribution in [0.3, 0.4) is 0 Å². The number of hydrogen-bond acceptors (Lipinski definition) is 2. The Balaban J connectivity index is 3.89. The number of hydrogen-bond donors (Lipinski definition) is 1. The summed E-state index contributed by atoms with van der Waals surface area (Å²) in [6.07, 6.45) is 0.600. The summed E-state index contributed by atoms with van der Waals surface area (Å²) in [6, 6.07) is 2.51. The molecule has 2 nitrogen and oxygen atoms in total. The molecule has 0 heterocycles. The molecule has 0 rings (SSSR count). The Hall–Kier alpha value is -0.550. The summed E-state index contributed by atoms with van der Waals surface area (Å²) >= 11 is 0. The van der Waals surface area contributed by atoms with Gasteiger partial charge in [0, 0.05) is 6.04 Å². The molecule has 0 aliphatic heterocycles. The molecule has 0 bridgehead atoms.